The number of benzene rings is 1. The van der Waals surface area contributed by atoms with Crippen LogP contribution in [0.1, 0.15) is 27.2 Å². The lowest BCUT2D eigenvalue weighted by molar-refractivity contribution is -0.117. The smallest absolute Gasteiger partial charge is 0.341 e. The molecule has 0 bridgehead atoms. The molecule has 1 aromatic heterocycles. The van der Waals surface area contributed by atoms with Crippen molar-refractivity contribution in [3.8, 4) is 5.75 Å². The van der Waals surface area contributed by atoms with Gasteiger partial charge in [0, 0.05) is 31.1 Å². The Hall–Kier alpha value is -2.47. The van der Waals surface area contributed by atoms with Crippen molar-refractivity contribution in [1.29, 1.82) is 0 Å². The molecule has 2 aromatic rings. The molecule has 1 N–H and O–H groups in total. The molecule has 2 heterocycles. The van der Waals surface area contributed by atoms with Crippen molar-refractivity contribution in [2.75, 3.05) is 52.3 Å². The zero-order valence-electron chi connectivity index (χ0n) is 18.6. The molecule has 0 radical (unpaired) electrons. The van der Waals surface area contributed by atoms with Crippen LogP contribution in [0.15, 0.2) is 29.2 Å². The highest BCUT2D eigenvalue weighted by Crippen LogP contribution is 2.39. The van der Waals surface area contributed by atoms with Crippen LogP contribution >= 0.6 is 11.3 Å². The van der Waals surface area contributed by atoms with Crippen molar-refractivity contribution in [3.05, 3.63) is 40.3 Å². The summed E-state index contributed by atoms with van der Waals surface area (Å²) in [6.07, 6.45) is 2.73. The number of thiophene rings is 1. The Bertz CT molecular complexity index is 1140. The van der Waals surface area contributed by atoms with Crippen LogP contribution in [-0.4, -0.2) is 76.4 Å². The molecule has 1 aromatic carbocycles. The highest BCUT2D eigenvalue weighted by molar-refractivity contribution is 7.89. The summed E-state index contributed by atoms with van der Waals surface area (Å²) in [6, 6.07) is 6.31. The lowest BCUT2D eigenvalue weighted by Crippen LogP contribution is -2.50. The number of methoxy groups -OCH3 is 2. The second-order valence-corrected chi connectivity index (χ2v) is 11.0. The summed E-state index contributed by atoms with van der Waals surface area (Å²) in [5.41, 5.74) is 1.46. The Morgan fingerprint density at radius 3 is 2.39 bits per heavy atom. The molecule has 0 unspecified atom stereocenters. The number of amides is 1. The summed E-state index contributed by atoms with van der Waals surface area (Å²) in [7, 11) is -0.735. The van der Waals surface area contributed by atoms with Crippen molar-refractivity contribution >= 4 is 38.2 Å². The van der Waals surface area contributed by atoms with Crippen molar-refractivity contribution in [2.45, 2.75) is 24.2 Å². The average Bonchev–Trinajstić information content (AvgIpc) is 3.39. The minimum Gasteiger partial charge on any atom is -0.497 e. The van der Waals surface area contributed by atoms with Gasteiger partial charge >= 0.3 is 5.97 Å². The molecule has 1 amide bonds. The number of aryl methyl sites for hydroxylation is 1. The topological polar surface area (TPSA) is 105 Å². The molecule has 0 saturated carbocycles. The van der Waals surface area contributed by atoms with Crippen LogP contribution < -0.4 is 10.1 Å². The second kappa shape index (κ2) is 9.80. The number of carbonyl (C=O) groups excluding carboxylic acids is 2. The van der Waals surface area contributed by atoms with Crippen molar-refractivity contribution in [2.24, 2.45) is 0 Å². The van der Waals surface area contributed by atoms with E-state index < -0.39 is 16.0 Å². The fourth-order valence-electron chi connectivity index (χ4n) is 4.20. The van der Waals surface area contributed by atoms with E-state index in [0.717, 1.165) is 29.7 Å². The number of sulfonamides is 1. The molecule has 1 fully saturated rings. The van der Waals surface area contributed by atoms with Gasteiger partial charge in [0.1, 0.15) is 10.8 Å². The second-order valence-electron chi connectivity index (χ2n) is 7.96. The Morgan fingerprint density at radius 2 is 1.76 bits per heavy atom. The number of rotatable bonds is 7. The van der Waals surface area contributed by atoms with Crippen LogP contribution in [0.5, 0.6) is 5.75 Å². The van der Waals surface area contributed by atoms with Gasteiger partial charge in [-0.15, -0.1) is 11.3 Å². The minimum atomic E-state index is -3.60. The molecule has 4 rings (SSSR count). The molecule has 178 valence electrons. The lowest BCUT2D eigenvalue weighted by Gasteiger charge is -2.33. The Balaban J connectivity index is 1.35. The Kier molecular flexibility index (Phi) is 7.03. The first-order valence-corrected chi connectivity index (χ1v) is 13.0. The lowest BCUT2D eigenvalue weighted by atomic mass is 10.1. The van der Waals surface area contributed by atoms with Gasteiger partial charge in [-0.1, -0.05) is 0 Å². The molecule has 1 aliphatic carbocycles. The third-order valence-corrected chi connectivity index (χ3v) is 9.08. The van der Waals surface area contributed by atoms with E-state index in [-0.39, 0.29) is 17.3 Å². The van der Waals surface area contributed by atoms with Crippen molar-refractivity contribution in [1.82, 2.24) is 9.21 Å². The third-order valence-electron chi connectivity index (χ3n) is 5.96. The van der Waals surface area contributed by atoms with Crippen molar-refractivity contribution < 1.29 is 27.5 Å². The molecular weight excluding hydrogens is 466 g/mol. The summed E-state index contributed by atoms with van der Waals surface area (Å²) in [6.45, 7) is 1.59. The monoisotopic (exact) mass is 493 g/mol. The molecule has 1 aliphatic heterocycles. The first-order valence-electron chi connectivity index (χ1n) is 10.7. The van der Waals surface area contributed by atoms with E-state index in [9.17, 15) is 18.0 Å². The number of hydrogen-bond acceptors (Lipinski definition) is 8. The highest BCUT2D eigenvalue weighted by atomic mass is 32.2. The number of hydrogen-bond donors (Lipinski definition) is 1. The Labute approximate surface area is 197 Å². The Morgan fingerprint density at radius 1 is 1.06 bits per heavy atom. The van der Waals surface area contributed by atoms with E-state index in [1.807, 2.05) is 4.90 Å². The number of ether oxygens (including phenoxy) is 2. The SMILES string of the molecule is COC(=O)c1c(NC(=O)CN2CCN(S(=O)(=O)c3ccc(OC)cc3)CC2)sc2c1CCC2. The summed E-state index contributed by atoms with van der Waals surface area (Å²) < 4.78 is 37.2. The molecule has 11 heteroatoms. The van der Waals surface area contributed by atoms with E-state index in [1.165, 1.54) is 42.0 Å². The number of nitrogens with zero attached hydrogens (tertiary/aromatic N) is 2. The van der Waals surface area contributed by atoms with Crippen LogP contribution in [-0.2, 0) is 32.4 Å². The first-order chi connectivity index (χ1) is 15.8. The standard InChI is InChI=1S/C22H27N3O6S2/c1-30-15-6-8-16(9-7-15)33(28,29)25-12-10-24(11-13-25)14-19(26)23-21-20(22(27)31-2)17-4-3-5-18(17)32-21/h6-9H,3-5,10-14H2,1-2H3,(H,23,26). The number of carbonyl (C=O) groups is 2. The average molecular weight is 494 g/mol. The van der Waals surface area contributed by atoms with Gasteiger partial charge in [0.15, 0.2) is 0 Å². The molecule has 33 heavy (non-hydrogen) atoms. The number of anilines is 1. The molecule has 0 atom stereocenters. The van der Waals surface area contributed by atoms with Gasteiger partial charge in [-0.05, 0) is 49.1 Å². The molecule has 0 spiro atoms. The zero-order valence-corrected chi connectivity index (χ0v) is 20.3. The van der Waals surface area contributed by atoms with Crippen LogP contribution in [0.4, 0.5) is 5.00 Å². The van der Waals surface area contributed by atoms with Gasteiger partial charge in [0.2, 0.25) is 15.9 Å². The third kappa shape index (κ3) is 4.91. The maximum Gasteiger partial charge on any atom is 0.341 e. The fraction of sp³-hybridized carbons (Fsp3) is 0.455. The van der Waals surface area contributed by atoms with E-state index in [2.05, 4.69) is 5.32 Å². The zero-order chi connectivity index (χ0) is 23.6. The van der Waals surface area contributed by atoms with E-state index in [4.69, 9.17) is 9.47 Å². The quantitative estimate of drug-likeness (QED) is 0.588. The predicted octanol–water partition coefficient (Wildman–Crippen LogP) is 1.98. The van der Waals surface area contributed by atoms with E-state index in [1.54, 1.807) is 12.1 Å². The van der Waals surface area contributed by atoms with Gasteiger partial charge in [0.25, 0.3) is 0 Å². The number of fused-ring (bicyclic) bond motifs is 1. The minimum absolute atomic E-state index is 0.125. The highest BCUT2D eigenvalue weighted by Gasteiger charge is 2.31. The molecule has 1 saturated heterocycles. The largest absolute Gasteiger partial charge is 0.497 e. The first kappa shape index (κ1) is 23.7. The van der Waals surface area contributed by atoms with Gasteiger partial charge in [-0.3, -0.25) is 9.69 Å². The summed E-state index contributed by atoms with van der Waals surface area (Å²) in [5.74, 6) is -0.0651. The summed E-state index contributed by atoms with van der Waals surface area (Å²) >= 11 is 1.44. The van der Waals surface area contributed by atoms with Crippen molar-refractivity contribution in [3.63, 3.8) is 0 Å². The molecular formula is C22H27N3O6S2. The normalized spacial score (nSPS) is 16.9. The summed E-state index contributed by atoms with van der Waals surface area (Å²) in [5, 5.41) is 3.41. The van der Waals surface area contributed by atoms with Gasteiger partial charge in [-0.25, -0.2) is 13.2 Å². The molecule has 2 aliphatic rings. The molecule has 9 nitrogen and oxygen atoms in total. The maximum absolute atomic E-state index is 12.9. The van der Waals surface area contributed by atoms with Gasteiger partial charge in [0.05, 0.1) is 31.2 Å². The van der Waals surface area contributed by atoms with Gasteiger partial charge in [-0.2, -0.15) is 4.31 Å². The maximum atomic E-state index is 12.9. The number of nitrogens with one attached hydrogen (secondary N) is 1. The predicted molar refractivity (Wildman–Crippen MR) is 125 cm³/mol. The summed E-state index contributed by atoms with van der Waals surface area (Å²) in [4.78, 5) is 28.2. The number of esters is 1. The van der Waals surface area contributed by atoms with Crippen LogP contribution in [0, 0.1) is 0 Å². The van der Waals surface area contributed by atoms with Gasteiger partial charge < -0.3 is 14.8 Å². The van der Waals surface area contributed by atoms with E-state index >= 15 is 0 Å². The van der Waals surface area contributed by atoms with E-state index in [0.29, 0.717) is 42.5 Å². The van der Waals surface area contributed by atoms with Crippen LogP contribution in [0.3, 0.4) is 0 Å². The fourth-order valence-corrected chi connectivity index (χ4v) is 6.92. The van der Waals surface area contributed by atoms with Crippen LogP contribution in [0.25, 0.3) is 0 Å². The van der Waals surface area contributed by atoms with Crippen LogP contribution in [0.2, 0.25) is 0 Å². The number of piperazine rings is 1.